The molecule has 0 aliphatic carbocycles. The summed E-state index contributed by atoms with van der Waals surface area (Å²) in [6.07, 6.45) is 0. The fourth-order valence-corrected chi connectivity index (χ4v) is 2.44. The van der Waals surface area contributed by atoms with Crippen molar-refractivity contribution in [2.24, 2.45) is 7.05 Å². The molecule has 1 rings (SSSR count). The molecular formula is C10H16N2O3S. The van der Waals surface area contributed by atoms with Gasteiger partial charge in [0.25, 0.3) is 0 Å². The predicted molar refractivity (Wildman–Crippen MR) is 63.0 cm³/mol. The molecule has 0 amide bonds. The summed E-state index contributed by atoms with van der Waals surface area (Å²) in [5.41, 5.74) is 0. The van der Waals surface area contributed by atoms with Crippen molar-refractivity contribution in [3.8, 4) is 11.8 Å². The average molecular weight is 244 g/mol. The Morgan fingerprint density at radius 1 is 1.62 bits per heavy atom. The van der Waals surface area contributed by atoms with Gasteiger partial charge < -0.3 is 15.5 Å². The zero-order chi connectivity index (χ0) is 12.3. The number of nitrogens with zero attached hydrogens (tertiary/aromatic N) is 1. The van der Waals surface area contributed by atoms with E-state index in [4.69, 9.17) is 0 Å². The smallest absolute Gasteiger partial charge is 0.207 e. The third-order valence-electron chi connectivity index (χ3n) is 2.39. The number of aromatic hydroxyl groups is 2. The van der Waals surface area contributed by atoms with Crippen LogP contribution in [0.5, 0.6) is 11.8 Å². The number of likely N-dealkylation sites (N-methyl/N-ethyl adjacent to an activating group) is 1. The van der Waals surface area contributed by atoms with Crippen LogP contribution in [0, 0.1) is 0 Å². The third kappa shape index (κ3) is 2.70. The van der Waals surface area contributed by atoms with E-state index in [0.29, 0.717) is 10.6 Å². The minimum Gasteiger partial charge on any atom is -0.494 e. The van der Waals surface area contributed by atoms with Gasteiger partial charge in [0.2, 0.25) is 5.88 Å². The number of hydrogen-bond donors (Lipinski definition) is 3. The fraction of sp³-hybridized carbons (Fsp3) is 0.500. The number of carbonyl (C=O) groups excluding carboxylic acids is 1. The van der Waals surface area contributed by atoms with Gasteiger partial charge in [0, 0.05) is 18.9 Å². The molecule has 0 bridgehead atoms. The third-order valence-corrected chi connectivity index (χ3v) is 3.50. The van der Waals surface area contributed by atoms with Crippen LogP contribution in [-0.2, 0) is 11.8 Å². The van der Waals surface area contributed by atoms with Crippen molar-refractivity contribution < 1.29 is 15.0 Å². The summed E-state index contributed by atoms with van der Waals surface area (Å²) in [5, 5.41) is 21.9. The van der Waals surface area contributed by atoms with Crippen molar-refractivity contribution in [2.45, 2.75) is 17.9 Å². The second-order valence-electron chi connectivity index (χ2n) is 3.51. The number of carbonyl (C=O) groups is 1. The monoisotopic (exact) mass is 244 g/mol. The zero-order valence-electron chi connectivity index (χ0n) is 9.52. The van der Waals surface area contributed by atoms with Gasteiger partial charge >= 0.3 is 0 Å². The van der Waals surface area contributed by atoms with E-state index in [1.165, 1.54) is 29.3 Å². The van der Waals surface area contributed by atoms with E-state index in [1.807, 2.05) is 0 Å². The van der Waals surface area contributed by atoms with E-state index in [0.717, 1.165) is 0 Å². The molecule has 1 heterocycles. The normalized spacial score (nSPS) is 12.7. The molecule has 0 saturated carbocycles. The van der Waals surface area contributed by atoms with Gasteiger partial charge in [-0.1, -0.05) is 0 Å². The van der Waals surface area contributed by atoms with Gasteiger partial charge in [-0.05, 0) is 14.0 Å². The molecule has 90 valence electrons. The van der Waals surface area contributed by atoms with Crippen molar-refractivity contribution in [3.63, 3.8) is 0 Å². The number of rotatable bonds is 5. The molecule has 0 saturated heterocycles. The Kier molecular flexibility index (Phi) is 4.26. The minimum atomic E-state index is -0.244. The molecule has 1 atom stereocenters. The lowest BCUT2D eigenvalue weighted by Gasteiger charge is -2.11. The van der Waals surface area contributed by atoms with Crippen LogP contribution in [0.4, 0.5) is 0 Å². The summed E-state index contributed by atoms with van der Waals surface area (Å²) in [4.78, 5) is 11.7. The Morgan fingerprint density at radius 3 is 2.62 bits per heavy atom. The fourth-order valence-electron chi connectivity index (χ4n) is 1.24. The van der Waals surface area contributed by atoms with E-state index < -0.39 is 0 Å². The molecule has 0 aromatic carbocycles. The van der Waals surface area contributed by atoms with E-state index in [2.05, 4.69) is 5.32 Å². The zero-order valence-corrected chi connectivity index (χ0v) is 10.3. The lowest BCUT2D eigenvalue weighted by Crippen LogP contribution is -2.34. The molecule has 1 aromatic heterocycles. The van der Waals surface area contributed by atoms with Crippen LogP contribution in [0.1, 0.15) is 6.92 Å². The van der Waals surface area contributed by atoms with Gasteiger partial charge in [-0.2, -0.15) is 0 Å². The standard InChI is InChI=1S/C10H16N2O3S/c1-6(13)7(11-2)5-16-8-4-9(14)12(3)10(8)15/h4,7,11,14-15H,5H2,1-3H3. The van der Waals surface area contributed by atoms with E-state index in [-0.39, 0.29) is 23.6 Å². The van der Waals surface area contributed by atoms with Crippen LogP contribution < -0.4 is 5.32 Å². The SMILES string of the molecule is CNC(CSc1cc(O)n(C)c1O)C(C)=O. The predicted octanol–water partition coefficient (Wildman–Crippen LogP) is 0.705. The molecule has 0 aliphatic rings. The summed E-state index contributed by atoms with van der Waals surface area (Å²) >= 11 is 1.33. The summed E-state index contributed by atoms with van der Waals surface area (Å²) < 4.78 is 1.28. The van der Waals surface area contributed by atoms with Gasteiger partial charge in [-0.3, -0.25) is 9.36 Å². The number of Topliss-reactive ketones (excluding diaryl/α,β-unsaturated/α-hetero) is 1. The van der Waals surface area contributed by atoms with Crippen LogP contribution in [0.25, 0.3) is 0 Å². The molecule has 0 aliphatic heterocycles. The first-order valence-corrected chi connectivity index (χ1v) is 5.84. The number of nitrogens with one attached hydrogen (secondary N) is 1. The van der Waals surface area contributed by atoms with Crippen LogP contribution in [0.2, 0.25) is 0 Å². The number of ketones is 1. The summed E-state index contributed by atoms with van der Waals surface area (Å²) in [5.74, 6) is 0.586. The largest absolute Gasteiger partial charge is 0.494 e. The lowest BCUT2D eigenvalue weighted by atomic mass is 10.2. The van der Waals surface area contributed by atoms with Gasteiger partial charge in [0.05, 0.1) is 10.9 Å². The van der Waals surface area contributed by atoms with Crippen molar-refractivity contribution >= 4 is 17.5 Å². The summed E-state index contributed by atoms with van der Waals surface area (Å²) in [6.45, 7) is 1.52. The second kappa shape index (κ2) is 5.27. The average Bonchev–Trinajstić information content (AvgIpc) is 2.47. The molecule has 3 N–H and O–H groups in total. The topological polar surface area (TPSA) is 74.5 Å². The van der Waals surface area contributed by atoms with E-state index in [1.54, 1.807) is 14.1 Å². The van der Waals surface area contributed by atoms with Crippen LogP contribution in [-0.4, -0.2) is 39.4 Å². The van der Waals surface area contributed by atoms with Crippen molar-refractivity contribution in [1.29, 1.82) is 0 Å². The first kappa shape index (κ1) is 12.9. The van der Waals surface area contributed by atoms with Crippen molar-refractivity contribution in [2.75, 3.05) is 12.8 Å². The van der Waals surface area contributed by atoms with E-state index >= 15 is 0 Å². The Morgan fingerprint density at radius 2 is 2.25 bits per heavy atom. The summed E-state index contributed by atoms with van der Waals surface area (Å²) in [6, 6.07) is 1.24. The molecule has 6 heteroatoms. The number of aromatic nitrogens is 1. The first-order valence-electron chi connectivity index (χ1n) is 4.85. The maximum Gasteiger partial charge on any atom is 0.207 e. The highest BCUT2D eigenvalue weighted by Crippen LogP contribution is 2.34. The minimum absolute atomic E-state index is 0.00355. The number of thioether (sulfide) groups is 1. The quantitative estimate of drug-likeness (QED) is 0.665. The van der Waals surface area contributed by atoms with Crippen LogP contribution in [0.3, 0.4) is 0 Å². The molecule has 5 nitrogen and oxygen atoms in total. The first-order chi connectivity index (χ1) is 7.47. The maximum atomic E-state index is 11.2. The highest BCUT2D eigenvalue weighted by Gasteiger charge is 2.16. The van der Waals surface area contributed by atoms with E-state index in [9.17, 15) is 15.0 Å². The Hall–Kier alpha value is -1.14. The molecule has 1 unspecified atom stereocenters. The van der Waals surface area contributed by atoms with Gasteiger partial charge in [0.15, 0.2) is 5.88 Å². The Balaban J connectivity index is 2.67. The van der Waals surface area contributed by atoms with Crippen molar-refractivity contribution in [1.82, 2.24) is 9.88 Å². The number of hydrogen-bond acceptors (Lipinski definition) is 5. The summed E-state index contributed by atoms with van der Waals surface area (Å²) in [7, 11) is 3.28. The van der Waals surface area contributed by atoms with Gasteiger partial charge in [-0.25, -0.2) is 0 Å². The maximum absolute atomic E-state index is 11.2. The Bertz CT molecular complexity index is 390. The molecular weight excluding hydrogens is 228 g/mol. The molecule has 16 heavy (non-hydrogen) atoms. The highest BCUT2D eigenvalue weighted by molar-refractivity contribution is 7.99. The molecule has 0 spiro atoms. The van der Waals surface area contributed by atoms with Gasteiger partial charge in [0.1, 0.15) is 5.78 Å². The Labute approximate surface area is 98.5 Å². The van der Waals surface area contributed by atoms with Gasteiger partial charge in [-0.15, -0.1) is 11.8 Å². The highest BCUT2D eigenvalue weighted by atomic mass is 32.2. The molecule has 1 aromatic rings. The molecule has 0 radical (unpaired) electrons. The lowest BCUT2D eigenvalue weighted by molar-refractivity contribution is -0.118. The van der Waals surface area contributed by atoms with Crippen LogP contribution >= 0.6 is 11.8 Å². The molecule has 0 fully saturated rings. The van der Waals surface area contributed by atoms with Crippen LogP contribution in [0.15, 0.2) is 11.0 Å². The van der Waals surface area contributed by atoms with Crippen molar-refractivity contribution in [3.05, 3.63) is 6.07 Å². The second-order valence-corrected chi connectivity index (χ2v) is 4.57.